The molecule has 0 aliphatic carbocycles. The van der Waals surface area contributed by atoms with E-state index < -0.39 is 0 Å². The van der Waals surface area contributed by atoms with Gasteiger partial charge in [0.15, 0.2) is 0 Å². The zero-order valence-electron chi connectivity index (χ0n) is 7.38. The molecule has 0 bridgehead atoms. The lowest BCUT2D eigenvalue weighted by Crippen LogP contribution is -2.10. The van der Waals surface area contributed by atoms with E-state index in [2.05, 4.69) is 15.9 Å². The number of nitrogens with zero attached hydrogens (tertiary/aromatic N) is 1. The summed E-state index contributed by atoms with van der Waals surface area (Å²) in [7, 11) is 0. The molecule has 1 fully saturated rings. The molecule has 68 valence electrons. The first-order valence-corrected chi connectivity index (χ1v) is 5.03. The minimum atomic E-state index is 0.149. The van der Waals surface area contributed by atoms with Gasteiger partial charge in [0.05, 0.1) is 0 Å². The molecule has 1 aromatic carbocycles. The number of hydrogen-bond acceptors (Lipinski definition) is 1. The van der Waals surface area contributed by atoms with Crippen LogP contribution in [0.5, 0.6) is 0 Å². The summed E-state index contributed by atoms with van der Waals surface area (Å²) in [6.45, 7) is 3.81. The van der Waals surface area contributed by atoms with Gasteiger partial charge in [-0.05, 0) is 30.7 Å². The van der Waals surface area contributed by atoms with Crippen LogP contribution in [0.15, 0.2) is 22.7 Å². The first-order chi connectivity index (χ1) is 6.18. The second-order valence-electron chi connectivity index (χ2n) is 3.26. The Morgan fingerprint density at radius 1 is 1.46 bits per heavy atom. The van der Waals surface area contributed by atoms with E-state index in [4.69, 9.17) is 0 Å². The molecule has 2 rings (SSSR count). The molecule has 1 saturated heterocycles. The minimum Gasteiger partial charge on any atom is -0.335 e. The fraction of sp³-hybridized carbons (Fsp3) is 0.300. The molecule has 3 heteroatoms. The quantitative estimate of drug-likeness (QED) is 0.689. The topological polar surface area (TPSA) is 20.1 Å². The predicted octanol–water partition coefficient (Wildman–Crippen LogP) is 2.21. The fourth-order valence-electron chi connectivity index (χ4n) is 1.21. The zero-order valence-corrected chi connectivity index (χ0v) is 8.97. The Labute approximate surface area is 85.7 Å². The van der Waals surface area contributed by atoms with Gasteiger partial charge >= 0.3 is 0 Å². The van der Waals surface area contributed by atoms with Gasteiger partial charge in [-0.15, -0.1) is 0 Å². The van der Waals surface area contributed by atoms with Gasteiger partial charge in [-0.1, -0.05) is 15.9 Å². The number of carbonyl (C=O) groups excluding carboxylic acids is 1. The summed E-state index contributed by atoms with van der Waals surface area (Å²) in [4.78, 5) is 13.4. The van der Waals surface area contributed by atoms with Crippen LogP contribution in [0.2, 0.25) is 0 Å². The van der Waals surface area contributed by atoms with E-state index in [0.29, 0.717) is 0 Å². The van der Waals surface area contributed by atoms with Gasteiger partial charge < -0.3 is 4.90 Å². The number of amides is 1. The van der Waals surface area contributed by atoms with Crippen LogP contribution >= 0.6 is 15.9 Å². The summed E-state index contributed by atoms with van der Waals surface area (Å²) in [6.07, 6.45) is 0. The van der Waals surface area contributed by atoms with E-state index in [9.17, 15) is 4.79 Å². The van der Waals surface area contributed by atoms with Gasteiger partial charge in [-0.2, -0.15) is 0 Å². The molecule has 2 nitrogen and oxygen atoms in total. The first-order valence-electron chi connectivity index (χ1n) is 4.24. The molecule has 0 atom stereocenters. The second-order valence-corrected chi connectivity index (χ2v) is 4.11. The molecule has 0 aromatic heterocycles. The van der Waals surface area contributed by atoms with E-state index in [1.807, 2.05) is 30.0 Å². The minimum absolute atomic E-state index is 0.149. The van der Waals surface area contributed by atoms with Crippen molar-refractivity contribution < 1.29 is 4.79 Å². The monoisotopic (exact) mass is 239 g/mol. The summed E-state index contributed by atoms with van der Waals surface area (Å²) in [5.41, 5.74) is 1.89. The van der Waals surface area contributed by atoms with Crippen LogP contribution in [-0.2, 0) is 0 Å². The van der Waals surface area contributed by atoms with E-state index in [1.165, 1.54) is 0 Å². The molecule has 0 spiro atoms. The number of aryl methyl sites for hydroxylation is 1. The van der Waals surface area contributed by atoms with Crippen molar-refractivity contribution >= 4 is 21.8 Å². The van der Waals surface area contributed by atoms with Crippen LogP contribution in [-0.4, -0.2) is 23.9 Å². The molecule has 13 heavy (non-hydrogen) atoms. The van der Waals surface area contributed by atoms with Crippen LogP contribution in [0.4, 0.5) is 0 Å². The van der Waals surface area contributed by atoms with Gasteiger partial charge in [0.25, 0.3) is 5.91 Å². The Morgan fingerprint density at radius 3 is 2.69 bits per heavy atom. The number of halogens is 1. The van der Waals surface area contributed by atoms with E-state index in [1.54, 1.807) is 0 Å². The summed E-state index contributed by atoms with van der Waals surface area (Å²) < 4.78 is 1.05. The molecule has 1 amide bonds. The van der Waals surface area contributed by atoms with Crippen molar-refractivity contribution in [1.82, 2.24) is 4.90 Å². The van der Waals surface area contributed by atoms with Crippen molar-refractivity contribution in [3.05, 3.63) is 33.8 Å². The summed E-state index contributed by atoms with van der Waals surface area (Å²) >= 11 is 3.41. The van der Waals surface area contributed by atoms with Crippen molar-refractivity contribution in [3.63, 3.8) is 0 Å². The highest BCUT2D eigenvalue weighted by Gasteiger charge is 2.25. The van der Waals surface area contributed by atoms with Crippen molar-refractivity contribution in [2.75, 3.05) is 13.1 Å². The second kappa shape index (κ2) is 3.14. The van der Waals surface area contributed by atoms with E-state index in [-0.39, 0.29) is 5.91 Å². The molecule has 0 unspecified atom stereocenters. The van der Waals surface area contributed by atoms with Gasteiger partial charge in [-0.3, -0.25) is 4.79 Å². The van der Waals surface area contributed by atoms with E-state index in [0.717, 1.165) is 28.7 Å². The van der Waals surface area contributed by atoms with Crippen LogP contribution < -0.4 is 0 Å². The lowest BCUT2D eigenvalue weighted by atomic mass is 10.1. The molecule has 1 aliphatic rings. The molecule has 0 saturated carbocycles. The van der Waals surface area contributed by atoms with Gasteiger partial charge in [0.1, 0.15) is 0 Å². The SMILES string of the molecule is Cc1cc(C(=O)N2CC2)ccc1Br. The zero-order chi connectivity index (χ0) is 9.42. The van der Waals surface area contributed by atoms with Gasteiger partial charge in [-0.25, -0.2) is 0 Å². The van der Waals surface area contributed by atoms with Crippen molar-refractivity contribution in [2.45, 2.75) is 6.92 Å². The number of rotatable bonds is 1. The standard InChI is InChI=1S/C10H10BrNO/c1-7-6-8(2-3-9(7)11)10(13)12-4-5-12/h2-3,6H,4-5H2,1H3. The van der Waals surface area contributed by atoms with E-state index >= 15 is 0 Å². The molecule has 1 aliphatic heterocycles. The predicted molar refractivity (Wildman–Crippen MR) is 54.8 cm³/mol. The number of hydrogen-bond donors (Lipinski definition) is 0. The van der Waals surface area contributed by atoms with Crippen molar-refractivity contribution in [1.29, 1.82) is 0 Å². The molecular weight excluding hydrogens is 230 g/mol. The van der Waals surface area contributed by atoms with Crippen LogP contribution in [0.1, 0.15) is 15.9 Å². The van der Waals surface area contributed by atoms with Crippen LogP contribution in [0, 0.1) is 6.92 Å². The first kappa shape index (κ1) is 8.75. The molecular formula is C10H10BrNO. The Hall–Kier alpha value is -0.830. The fourth-order valence-corrected chi connectivity index (χ4v) is 1.46. The Morgan fingerprint density at radius 2 is 2.15 bits per heavy atom. The highest BCUT2D eigenvalue weighted by Crippen LogP contribution is 2.19. The normalized spacial score (nSPS) is 14.5. The highest BCUT2D eigenvalue weighted by atomic mass is 79.9. The molecule has 0 radical (unpaired) electrons. The molecule has 1 aromatic rings. The Bertz CT molecular complexity index is 358. The average Bonchev–Trinajstić information content (AvgIpc) is 2.91. The number of carbonyl (C=O) groups is 1. The number of benzene rings is 1. The third kappa shape index (κ3) is 1.75. The lowest BCUT2D eigenvalue weighted by molar-refractivity contribution is 0.0885. The van der Waals surface area contributed by atoms with Crippen LogP contribution in [0.25, 0.3) is 0 Å². The van der Waals surface area contributed by atoms with Crippen molar-refractivity contribution in [3.8, 4) is 0 Å². The smallest absolute Gasteiger partial charge is 0.253 e. The molecule has 1 heterocycles. The van der Waals surface area contributed by atoms with Gasteiger partial charge in [0, 0.05) is 23.1 Å². The summed E-state index contributed by atoms with van der Waals surface area (Å²) in [5, 5.41) is 0. The van der Waals surface area contributed by atoms with Crippen molar-refractivity contribution in [2.24, 2.45) is 0 Å². The Balaban J connectivity index is 2.30. The molecule has 0 N–H and O–H groups in total. The third-order valence-electron chi connectivity index (χ3n) is 2.14. The maximum Gasteiger partial charge on any atom is 0.253 e. The summed E-state index contributed by atoms with van der Waals surface area (Å²) in [6, 6.07) is 5.70. The maximum absolute atomic E-state index is 11.6. The highest BCUT2D eigenvalue weighted by molar-refractivity contribution is 9.10. The lowest BCUT2D eigenvalue weighted by Gasteiger charge is -2.03. The average molecular weight is 240 g/mol. The summed E-state index contributed by atoms with van der Waals surface area (Å²) in [5.74, 6) is 0.149. The maximum atomic E-state index is 11.6. The van der Waals surface area contributed by atoms with Gasteiger partial charge in [0.2, 0.25) is 0 Å². The van der Waals surface area contributed by atoms with Crippen LogP contribution in [0.3, 0.4) is 0 Å². The largest absolute Gasteiger partial charge is 0.335 e. The Kier molecular flexibility index (Phi) is 2.12. The third-order valence-corrected chi connectivity index (χ3v) is 3.03.